The summed E-state index contributed by atoms with van der Waals surface area (Å²) in [6.07, 6.45) is 2.47. The molecule has 2 atom stereocenters. The van der Waals surface area contributed by atoms with Crippen molar-refractivity contribution in [3.8, 4) is 0 Å². The van der Waals surface area contributed by atoms with Crippen LogP contribution in [0.2, 0.25) is 0 Å². The van der Waals surface area contributed by atoms with E-state index < -0.39 is 18.8 Å². The largest absolute Gasteiger partial charge is 0.495 e. The quantitative estimate of drug-likeness (QED) is 0.539. The van der Waals surface area contributed by atoms with Crippen LogP contribution in [0.1, 0.15) is 42.6 Å². The summed E-state index contributed by atoms with van der Waals surface area (Å²) < 4.78 is 41.6. The van der Waals surface area contributed by atoms with E-state index in [1.807, 2.05) is 6.07 Å². The van der Waals surface area contributed by atoms with Crippen molar-refractivity contribution in [2.45, 2.75) is 52.0 Å². The Balaban J connectivity index is 1.66. The Labute approximate surface area is 214 Å². The zero-order chi connectivity index (χ0) is 26.5. The minimum atomic E-state index is -2.97. The highest BCUT2D eigenvalue weighted by Crippen LogP contribution is 2.36. The fourth-order valence-corrected chi connectivity index (χ4v) is 4.90. The lowest BCUT2D eigenvalue weighted by Gasteiger charge is -2.34. The Morgan fingerprint density at radius 2 is 2.00 bits per heavy atom. The number of benzene rings is 1. The molecule has 1 fully saturated rings. The number of fused-ring (bicyclic) bond motifs is 1. The first-order valence-corrected chi connectivity index (χ1v) is 12.3. The summed E-state index contributed by atoms with van der Waals surface area (Å²) in [5, 5.41) is 2.71. The lowest BCUT2D eigenvalue weighted by Crippen LogP contribution is -2.45. The summed E-state index contributed by atoms with van der Waals surface area (Å²) in [6, 6.07) is 4.55. The molecule has 11 heteroatoms. The number of rotatable bonds is 9. The van der Waals surface area contributed by atoms with Crippen LogP contribution in [-0.2, 0) is 30.3 Å². The van der Waals surface area contributed by atoms with Crippen LogP contribution in [0.25, 0.3) is 0 Å². The van der Waals surface area contributed by atoms with Gasteiger partial charge in [-0.1, -0.05) is 18.2 Å². The Morgan fingerprint density at radius 1 is 1.24 bits per heavy atom. The van der Waals surface area contributed by atoms with Crippen LogP contribution in [0.3, 0.4) is 0 Å². The number of carbonyl (C=O) groups is 3. The second kappa shape index (κ2) is 11.8. The summed E-state index contributed by atoms with van der Waals surface area (Å²) in [7, 11) is 0. The Kier molecular flexibility index (Phi) is 8.55. The van der Waals surface area contributed by atoms with E-state index in [0.717, 1.165) is 5.56 Å². The van der Waals surface area contributed by atoms with Crippen molar-refractivity contribution in [3.63, 3.8) is 0 Å². The zero-order valence-corrected chi connectivity index (χ0v) is 20.9. The smallest absolute Gasteiger partial charge is 0.346 e. The zero-order valence-electron chi connectivity index (χ0n) is 20.9. The van der Waals surface area contributed by atoms with E-state index in [4.69, 9.17) is 14.2 Å². The van der Waals surface area contributed by atoms with Gasteiger partial charge in [0.2, 0.25) is 11.8 Å². The third-order valence-electron chi connectivity index (χ3n) is 6.54. The van der Waals surface area contributed by atoms with Crippen LogP contribution in [-0.4, -0.2) is 79.2 Å². The molecule has 1 aliphatic carbocycles. The average Bonchev–Trinajstić information content (AvgIpc) is 3.20. The van der Waals surface area contributed by atoms with Crippen molar-refractivity contribution in [3.05, 3.63) is 52.8 Å². The van der Waals surface area contributed by atoms with E-state index in [-0.39, 0.29) is 49.5 Å². The average molecular weight is 520 g/mol. The van der Waals surface area contributed by atoms with Gasteiger partial charge < -0.3 is 29.3 Å². The molecule has 0 radical (unpaired) electrons. The van der Waals surface area contributed by atoms with E-state index in [9.17, 15) is 23.2 Å². The van der Waals surface area contributed by atoms with E-state index in [2.05, 4.69) is 5.32 Å². The van der Waals surface area contributed by atoms with E-state index >= 15 is 0 Å². The molecule has 0 aromatic heterocycles. The number of anilines is 1. The van der Waals surface area contributed by atoms with Gasteiger partial charge in [0.1, 0.15) is 11.9 Å². The number of nitrogens with zero attached hydrogens (tertiary/aromatic N) is 2. The third-order valence-corrected chi connectivity index (χ3v) is 6.54. The van der Waals surface area contributed by atoms with Gasteiger partial charge in [0, 0.05) is 26.6 Å². The maximum absolute atomic E-state index is 13.7. The van der Waals surface area contributed by atoms with E-state index in [0.29, 0.717) is 43.1 Å². The number of nitrogens with one attached hydrogen (secondary N) is 1. The standard InChI is InChI=1S/C26H31F2N3O6/c1-3-36-22-13-17(7-8-21(22)37-26(27)28)20(14-23(33)30-9-11-35-12-10-30)31-15-18-5-4-6-19(29-16(2)32)24(18)25(31)34/h4-7,13,20-21,26H,3,8-12,14-15H2,1-2H3,(H,29,32). The van der Waals surface area contributed by atoms with Gasteiger partial charge in [-0.05, 0) is 36.6 Å². The SMILES string of the molecule is CCOC1=CC(C(CC(=O)N2CCOCC2)N2Cc3cccc(NC(C)=O)c3C2=O)=CCC1OC(F)F. The normalized spacial score (nSPS) is 20.4. The number of carbonyl (C=O) groups excluding carboxylic acids is 3. The minimum Gasteiger partial charge on any atom is -0.495 e. The van der Waals surface area contributed by atoms with Crippen molar-refractivity contribution in [2.24, 2.45) is 0 Å². The second-order valence-electron chi connectivity index (χ2n) is 8.97. The number of amides is 3. The first-order chi connectivity index (χ1) is 17.8. The molecule has 2 heterocycles. The third kappa shape index (κ3) is 6.16. The molecule has 2 aliphatic heterocycles. The first-order valence-electron chi connectivity index (χ1n) is 12.3. The van der Waals surface area contributed by atoms with Crippen molar-refractivity contribution < 1.29 is 37.4 Å². The van der Waals surface area contributed by atoms with Crippen molar-refractivity contribution in [2.75, 3.05) is 38.2 Å². The Bertz CT molecular complexity index is 1100. The number of hydrogen-bond acceptors (Lipinski definition) is 6. The van der Waals surface area contributed by atoms with E-state index in [1.54, 1.807) is 41.0 Å². The van der Waals surface area contributed by atoms with Crippen LogP contribution in [0.5, 0.6) is 0 Å². The molecule has 3 amide bonds. The van der Waals surface area contributed by atoms with Gasteiger partial charge in [0.25, 0.3) is 5.91 Å². The van der Waals surface area contributed by atoms with Crippen LogP contribution < -0.4 is 5.32 Å². The highest BCUT2D eigenvalue weighted by molar-refractivity contribution is 6.06. The molecule has 4 rings (SSSR count). The van der Waals surface area contributed by atoms with E-state index in [1.165, 1.54) is 6.92 Å². The Morgan fingerprint density at radius 3 is 2.68 bits per heavy atom. The van der Waals surface area contributed by atoms with Gasteiger partial charge in [0.15, 0.2) is 0 Å². The number of halogens is 2. The Hall–Kier alpha value is -3.31. The van der Waals surface area contributed by atoms with Gasteiger partial charge >= 0.3 is 6.61 Å². The summed E-state index contributed by atoms with van der Waals surface area (Å²) in [5.41, 5.74) is 2.13. The fourth-order valence-electron chi connectivity index (χ4n) is 4.90. The molecule has 1 N–H and O–H groups in total. The summed E-state index contributed by atoms with van der Waals surface area (Å²) in [5.74, 6) is -0.537. The molecule has 0 spiro atoms. The maximum atomic E-state index is 13.7. The van der Waals surface area contributed by atoms with Gasteiger partial charge in [-0.25, -0.2) is 0 Å². The molecule has 2 unspecified atom stereocenters. The van der Waals surface area contributed by atoms with Crippen LogP contribution in [0.15, 0.2) is 41.7 Å². The molecule has 1 aromatic carbocycles. The first kappa shape index (κ1) is 26.7. The molecule has 0 bridgehead atoms. The summed E-state index contributed by atoms with van der Waals surface area (Å²) >= 11 is 0. The molecular formula is C26H31F2N3O6. The number of morpholine rings is 1. The van der Waals surface area contributed by atoms with Crippen molar-refractivity contribution in [1.29, 1.82) is 0 Å². The molecule has 1 saturated heterocycles. The number of ether oxygens (including phenoxy) is 3. The monoisotopic (exact) mass is 519 g/mol. The van der Waals surface area contributed by atoms with Crippen LogP contribution >= 0.6 is 0 Å². The van der Waals surface area contributed by atoms with Gasteiger partial charge in [0.05, 0.1) is 43.5 Å². The predicted octanol–water partition coefficient (Wildman–Crippen LogP) is 3.08. The lowest BCUT2D eigenvalue weighted by atomic mass is 9.93. The molecule has 0 saturated carbocycles. The van der Waals surface area contributed by atoms with Gasteiger partial charge in [-0.2, -0.15) is 8.78 Å². The highest BCUT2D eigenvalue weighted by Gasteiger charge is 2.39. The molecule has 200 valence electrons. The van der Waals surface area contributed by atoms with Crippen LogP contribution in [0, 0.1) is 0 Å². The summed E-state index contributed by atoms with van der Waals surface area (Å²) in [6.45, 7) is 2.40. The van der Waals surface area contributed by atoms with Gasteiger partial charge in [-0.15, -0.1) is 0 Å². The summed E-state index contributed by atoms with van der Waals surface area (Å²) in [4.78, 5) is 42.0. The van der Waals surface area contributed by atoms with Crippen molar-refractivity contribution in [1.82, 2.24) is 9.80 Å². The molecule has 9 nitrogen and oxygen atoms in total. The van der Waals surface area contributed by atoms with Crippen molar-refractivity contribution >= 4 is 23.4 Å². The predicted molar refractivity (Wildman–Crippen MR) is 130 cm³/mol. The fraction of sp³-hybridized carbons (Fsp3) is 0.500. The van der Waals surface area contributed by atoms with Gasteiger partial charge in [-0.3, -0.25) is 14.4 Å². The minimum absolute atomic E-state index is 0.00267. The topological polar surface area (TPSA) is 97.4 Å². The molecular weight excluding hydrogens is 488 g/mol. The molecule has 37 heavy (non-hydrogen) atoms. The lowest BCUT2D eigenvalue weighted by molar-refractivity contribution is -0.161. The molecule has 1 aromatic rings. The second-order valence-corrected chi connectivity index (χ2v) is 8.97. The number of alkyl halides is 2. The molecule has 3 aliphatic rings. The highest BCUT2D eigenvalue weighted by atomic mass is 19.3. The maximum Gasteiger partial charge on any atom is 0.346 e. The number of hydrogen-bond donors (Lipinski definition) is 1. The van der Waals surface area contributed by atoms with Crippen LogP contribution in [0.4, 0.5) is 14.5 Å².